The molecule has 1 aromatic carbocycles. The zero-order valence-electron chi connectivity index (χ0n) is 13.4. The molecule has 0 aliphatic heterocycles. The molecule has 0 aliphatic carbocycles. The van der Waals surface area contributed by atoms with Gasteiger partial charge in [-0.2, -0.15) is 0 Å². The summed E-state index contributed by atoms with van der Waals surface area (Å²) in [5.41, 5.74) is 2.82. The van der Waals surface area contributed by atoms with Crippen molar-refractivity contribution in [2.75, 3.05) is 19.0 Å². The van der Waals surface area contributed by atoms with Crippen LogP contribution in [0.4, 0.5) is 5.69 Å². The highest BCUT2D eigenvalue weighted by Gasteiger charge is 2.20. The van der Waals surface area contributed by atoms with Crippen molar-refractivity contribution in [3.8, 4) is 5.75 Å². The van der Waals surface area contributed by atoms with Gasteiger partial charge in [-0.1, -0.05) is 39.3 Å². The first-order valence-corrected chi connectivity index (χ1v) is 7.68. The molecule has 2 rings (SSSR count). The zero-order valence-corrected chi connectivity index (χ0v) is 14.1. The number of hydrogen-bond acceptors (Lipinski definition) is 3. The van der Waals surface area contributed by atoms with E-state index in [-0.39, 0.29) is 5.41 Å². The van der Waals surface area contributed by atoms with Crippen molar-refractivity contribution < 1.29 is 4.74 Å². The number of fused-ring (bicyclic) bond motifs is 1. The summed E-state index contributed by atoms with van der Waals surface area (Å²) >= 11 is 6.40. The molecule has 0 fully saturated rings. The van der Waals surface area contributed by atoms with E-state index in [1.54, 1.807) is 7.11 Å². The van der Waals surface area contributed by atoms with E-state index < -0.39 is 0 Å². The number of anilines is 1. The second kappa shape index (κ2) is 6.10. The summed E-state index contributed by atoms with van der Waals surface area (Å²) in [5.74, 6) is 0.750. The Hall–Kier alpha value is -1.48. The number of halogens is 1. The summed E-state index contributed by atoms with van der Waals surface area (Å²) in [6.45, 7) is 9.50. The van der Waals surface area contributed by atoms with Crippen LogP contribution in [-0.2, 0) is 5.41 Å². The van der Waals surface area contributed by atoms with Crippen LogP contribution in [0.3, 0.4) is 0 Å². The quantitative estimate of drug-likeness (QED) is 0.861. The van der Waals surface area contributed by atoms with E-state index in [9.17, 15) is 0 Å². The highest BCUT2D eigenvalue weighted by Crippen LogP contribution is 2.37. The van der Waals surface area contributed by atoms with Crippen molar-refractivity contribution in [3.63, 3.8) is 0 Å². The number of aromatic nitrogens is 1. The van der Waals surface area contributed by atoms with E-state index in [2.05, 4.69) is 39.1 Å². The van der Waals surface area contributed by atoms with Crippen LogP contribution in [0.1, 0.15) is 39.8 Å². The second-order valence-electron chi connectivity index (χ2n) is 6.21. The van der Waals surface area contributed by atoms with Gasteiger partial charge in [-0.05, 0) is 24.6 Å². The van der Waals surface area contributed by atoms with Crippen molar-refractivity contribution in [1.82, 2.24) is 4.98 Å². The van der Waals surface area contributed by atoms with Crippen LogP contribution in [0.2, 0.25) is 5.02 Å². The van der Waals surface area contributed by atoms with Gasteiger partial charge in [0.1, 0.15) is 11.3 Å². The molecule has 2 aromatic rings. The smallest absolute Gasteiger partial charge is 0.145 e. The van der Waals surface area contributed by atoms with Gasteiger partial charge >= 0.3 is 0 Å². The van der Waals surface area contributed by atoms with Crippen LogP contribution in [0.15, 0.2) is 18.2 Å². The van der Waals surface area contributed by atoms with E-state index >= 15 is 0 Å². The normalized spacial score (nSPS) is 11.7. The lowest BCUT2D eigenvalue weighted by molar-refractivity contribution is 0.418. The SMILES string of the molecule is CCCNc1cc(C(C)(C)C)nc2c(OC)ccc(Cl)c12. The van der Waals surface area contributed by atoms with E-state index in [0.29, 0.717) is 5.02 Å². The van der Waals surface area contributed by atoms with Crippen molar-refractivity contribution in [1.29, 1.82) is 0 Å². The molecule has 0 bridgehead atoms. The minimum absolute atomic E-state index is 0.0375. The van der Waals surface area contributed by atoms with Gasteiger partial charge in [-0.25, -0.2) is 4.98 Å². The first-order valence-electron chi connectivity index (χ1n) is 7.30. The Morgan fingerprint density at radius 3 is 2.57 bits per heavy atom. The van der Waals surface area contributed by atoms with Crippen LogP contribution in [0.25, 0.3) is 10.9 Å². The van der Waals surface area contributed by atoms with Gasteiger partial charge in [0.2, 0.25) is 0 Å². The maximum absolute atomic E-state index is 6.40. The Morgan fingerprint density at radius 1 is 1.29 bits per heavy atom. The molecule has 0 saturated carbocycles. The standard InChI is InChI=1S/C17H23ClN2O/c1-6-9-19-12-10-14(17(2,3)4)20-16-13(21-5)8-7-11(18)15(12)16/h7-8,10H,6,9H2,1-5H3,(H,19,20). The molecule has 0 unspecified atom stereocenters. The van der Waals surface area contributed by atoms with E-state index in [1.807, 2.05) is 12.1 Å². The molecule has 4 heteroatoms. The lowest BCUT2D eigenvalue weighted by atomic mass is 9.90. The molecule has 0 amide bonds. The highest BCUT2D eigenvalue weighted by molar-refractivity contribution is 6.36. The summed E-state index contributed by atoms with van der Waals surface area (Å²) in [4.78, 5) is 4.80. The molecule has 21 heavy (non-hydrogen) atoms. The first-order chi connectivity index (χ1) is 9.88. The van der Waals surface area contributed by atoms with Crippen LogP contribution in [0, 0.1) is 0 Å². The summed E-state index contributed by atoms with van der Waals surface area (Å²) in [7, 11) is 1.66. The van der Waals surface area contributed by atoms with Gasteiger partial charge in [0.15, 0.2) is 0 Å². The zero-order chi connectivity index (χ0) is 15.6. The van der Waals surface area contributed by atoms with Crippen LogP contribution >= 0.6 is 11.6 Å². The maximum Gasteiger partial charge on any atom is 0.145 e. The third kappa shape index (κ3) is 3.24. The summed E-state index contributed by atoms with van der Waals surface area (Å²) < 4.78 is 5.46. The fraction of sp³-hybridized carbons (Fsp3) is 0.471. The van der Waals surface area contributed by atoms with E-state index in [0.717, 1.165) is 41.0 Å². The number of hydrogen-bond donors (Lipinski definition) is 1. The van der Waals surface area contributed by atoms with Gasteiger partial charge in [0.25, 0.3) is 0 Å². The Kier molecular flexibility index (Phi) is 4.62. The van der Waals surface area contributed by atoms with Crippen molar-refractivity contribution in [2.24, 2.45) is 0 Å². The second-order valence-corrected chi connectivity index (χ2v) is 6.61. The predicted molar refractivity (Wildman–Crippen MR) is 90.8 cm³/mol. The van der Waals surface area contributed by atoms with Crippen molar-refractivity contribution in [2.45, 2.75) is 39.5 Å². The van der Waals surface area contributed by atoms with E-state index in [4.69, 9.17) is 21.3 Å². The third-order valence-electron chi connectivity index (χ3n) is 3.43. The minimum atomic E-state index is -0.0375. The number of nitrogens with zero attached hydrogens (tertiary/aromatic N) is 1. The molecular weight excluding hydrogens is 284 g/mol. The number of methoxy groups -OCH3 is 1. The van der Waals surface area contributed by atoms with Gasteiger partial charge in [-0.15, -0.1) is 0 Å². The van der Waals surface area contributed by atoms with Crippen molar-refractivity contribution in [3.05, 3.63) is 28.9 Å². The average Bonchev–Trinajstić information content (AvgIpc) is 2.43. The fourth-order valence-electron chi connectivity index (χ4n) is 2.22. The Bertz CT molecular complexity index is 647. The predicted octanol–water partition coefficient (Wildman–Crippen LogP) is 5.02. The van der Waals surface area contributed by atoms with Gasteiger partial charge < -0.3 is 10.1 Å². The summed E-state index contributed by atoms with van der Waals surface area (Å²) in [5, 5.41) is 5.08. The van der Waals surface area contributed by atoms with Crippen LogP contribution in [0.5, 0.6) is 5.75 Å². The van der Waals surface area contributed by atoms with Crippen LogP contribution in [-0.4, -0.2) is 18.6 Å². The summed E-state index contributed by atoms with van der Waals surface area (Å²) in [6.07, 6.45) is 1.05. The molecule has 1 heterocycles. The largest absolute Gasteiger partial charge is 0.494 e. The van der Waals surface area contributed by atoms with Crippen LogP contribution < -0.4 is 10.1 Å². The Morgan fingerprint density at radius 2 is 2.00 bits per heavy atom. The number of benzene rings is 1. The highest BCUT2D eigenvalue weighted by atomic mass is 35.5. The van der Waals surface area contributed by atoms with Gasteiger partial charge in [0, 0.05) is 28.7 Å². The molecule has 1 N–H and O–H groups in total. The molecule has 0 radical (unpaired) electrons. The number of pyridine rings is 1. The molecule has 0 saturated heterocycles. The average molecular weight is 307 g/mol. The number of nitrogens with one attached hydrogen (secondary N) is 1. The maximum atomic E-state index is 6.40. The number of ether oxygens (including phenoxy) is 1. The van der Waals surface area contributed by atoms with Crippen molar-refractivity contribution >= 4 is 28.2 Å². The molecular formula is C17H23ClN2O. The number of rotatable bonds is 4. The topological polar surface area (TPSA) is 34.2 Å². The molecule has 1 aromatic heterocycles. The molecule has 114 valence electrons. The third-order valence-corrected chi connectivity index (χ3v) is 3.74. The Labute approximate surface area is 131 Å². The molecule has 0 spiro atoms. The minimum Gasteiger partial charge on any atom is -0.494 e. The lowest BCUT2D eigenvalue weighted by Crippen LogP contribution is -2.15. The fourth-order valence-corrected chi connectivity index (χ4v) is 2.48. The van der Waals surface area contributed by atoms with Gasteiger partial charge in [-0.3, -0.25) is 0 Å². The Balaban J connectivity index is 2.77. The molecule has 0 aliphatic rings. The van der Waals surface area contributed by atoms with E-state index in [1.165, 1.54) is 0 Å². The lowest BCUT2D eigenvalue weighted by Gasteiger charge is -2.21. The molecule has 3 nitrogen and oxygen atoms in total. The van der Waals surface area contributed by atoms with Gasteiger partial charge in [0.05, 0.1) is 12.1 Å². The summed E-state index contributed by atoms with van der Waals surface area (Å²) in [6, 6.07) is 5.83. The molecule has 0 atom stereocenters. The monoisotopic (exact) mass is 306 g/mol. The first kappa shape index (κ1) is 15.9.